The van der Waals surface area contributed by atoms with E-state index in [1.165, 1.54) is 10.4 Å². The number of nitrogens with zero attached hydrogens (tertiary/aromatic N) is 2. The first kappa shape index (κ1) is 20.7. The molecule has 4 rings (SSSR count). The second kappa shape index (κ2) is 9.46. The minimum Gasteiger partial charge on any atom is -0.454 e. The summed E-state index contributed by atoms with van der Waals surface area (Å²) >= 11 is 1.77. The highest BCUT2D eigenvalue weighted by atomic mass is 127. The van der Waals surface area contributed by atoms with Gasteiger partial charge in [0, 0.05) is 31.6 Å². The topological polar surface area (TPSA) is 75.2 Å². The fraction of sp³-hybridized carbons (Fsp3) is 0.368. The van der Waals surface area contributed by atoms with E-state index in [0.29, 0.717) is 19.0 Å². The molecule has 0 saturated heterocycles. The number of fused-ring (bicyclic) bond motifs is 2. The van der Waals surface area contributed by atoms with Crippen molar-refractivity contribution in [3.05, 3.63) is 45.6 Å². The summed E-state index contributed by atoms with van der Waals surface area (Å²) in [5, 5.41) is 8.42. The van der Waals surface area contributed by atoms with Crippen LogP contribution in [-0.4, -0.2) is 43.7 Å². The van der Waals surface area contributed by atoms with Crippen molar-refractivity contribution in [1.82, 2.24) is 15.5 Å². The van der Waals surface area contributed by atoms with Gasteiger partial charge in [-0.1, -0.05) is 6.07 Å². The fourth-order valence-corrected chi connectivity index (χ4v) is 4.08. The van der Waals surface area contributed by atoms with E-state index in [2.05, 4.69) is 27.1 Å². The number of amides is 1. The molecule has 2 aromatic rings. The Labute approximate surface area is 185 Å². The maximum Gasteiger partial charge on any atom is 0.242 e. The second-order valence-corrected chi connectivity index (χ2v) is 7.40. The van der Waals surface area contributed by atoms with E-state index in [4.69, 9.17) is 9.47 Å². The van der Waals surface area contributed by atoms with Crippen LogP contribution < -0.4 is 20.1 Å². The molecule has 150 valence electrons. The third kappa shape index (κ3) is 4.69. The van der Waals surface area contributed by atoms with Crippen molar-refractivity contribution < 1.29 is 14.3 Å². The highest BCUT2D eigenvalue weighted by Gasteiger charge is 2.21. The van der Waals surface area contributed by atoms with E-state index in [-0.39, 0.29) is 43.2 Å². The van der Waals surface area contributed by atoms with E-state index in [1.54, 1.807) is 18.4 Å². The number of carbonyl (C=O) groups excluding carboxylic acids is 1. The summed E-state index contributed by atoms with van der Waals surface area (Å²) in [5.41, 5.74) is 2.32. The van der Waals surface area contributed by atoms with E-state index in [1.807, 2.05) is 23.1 Å². The Morgan fingerprint density at radius 1 is 1.25 bits per heavy atom. The molecular weight excluding hydrogens is 491 g/mol. The van der Waals surface area contributed by atoms with Crippen LogP contribution in [0.1, 0.15) is 16.0 Å². The van der Waals surface area contributed by atoms with Gasteiger partial charge in [-0.25, -0.2) is 0 Å². The summed E-state index contributed by atoms with van der Waals surface area (Å²) < 4.78 is 10.7. The molecule has 1 aromatic heterocycles. The van der Waals surface area contributed by atoms with Gasteiger partial charge in [-0.05, 0) is 41.1 Å². The minimum atomic E-state index is 0. The number of rotatable bonds is 4. The molecule has 7 nitrogen and oxygen atoms in total. The Kier molecular flexibility index (Phi) is 7.00. The highest BCUT2D eigenvalue weighted by molar-refractivity contribution is 14.0. The summed E-state index contributed by atoms with van der Waals surface area (Å²) in [6, 6.07) is 7.93. The van der Waals surface area contributed by atoms with Crippen molar-refractivity contribution in [3.63, 3.8) is 0 Å². The number of benzene rings is 1. The maximum absolute atomic E-state index is 12.5. The van der Waals surface area contributed by atoms with Crippen molar-refractivity contribution >= 4 is 47.2 Å². The standard InChI is InChI=1S/C19H22N4O3S.HI/c1-20-19(21-9-13-2-3-15-16(8-13)26-12-25-15)22-10-18(24)23-6-4-17-14(11-23)5-7-27-17;/h2-3,5,7-8H,4,6,9-12H2,1H3,(H2,20,21,22);1H. The number of guanidine groups is 1. The van der Waals surface area contributed by atoms with Crippen molar-refractivity contribution in [2.24, 2.45) is 4.99 Å². The van der Waals surface area contributed by atoms with E-state index < -0.39 is 0 Å². The number of hydrogen-bond donors (Lipinski definition) is 2. The average Bonchev–Trinajstić information content (AvgIpc) is 3.35. The molecule has 1 amide bonds. The van der Waals surface area contributed by atoms with Gasteiger partial charge in [0.05, 0.1) is 6.54 Å². The van der Waals surface area contributed by atoms with Crippen molar-refractivity contribution in [1.29, 1.82) is 0 Å². The molecule has 3 heterocycles. The monoisotopic (exact) mass is 514 g/mol. The van der Waals surface area contributed by atoms with Crippen LogP contribution in [0.3, 0.4) is 0 Å². The van der Waals surface area contributed by atoms with Crippen molar-refractivity contribution in [2.75, 3.05) is 26.9 Å². The van der Waals surface area contributed by atoms with Crippen LogP contribution in [0.25, 0.3) is 0 Å². The maximum atomic E-state index is 12.5. The zero-order valence-electron chi connectivity index (χ0n) is 15.6. The number of hydrogen-bond acceptors (Lipinski definition) is 5. The van der Waals surface area contributed by atoms with Crippen LogP contribution in [0, 0.1) is 0 Å². The third-order valence-corrected chi connectivity index (χ3v) is 5.71. The van der Waals surface area contributed by atoms with Gasteiger partial charge in [0.1, 0.15) is 0 Å². The number of halogens is 1. The molecule has 0 saturated carbocycles. The van der Waals surface area contributed by atoms with Gasteiger partial charge in [-0.15, -0.1) is 35.3 Å². The molecule has 2 aliphatic rings. The second-order valence-electron chi connectivity index (χ2n) is 6.40. The lowest BCUT2D eigenvalue weighted by Crippen LogP contribution is -2.45. The van der Waals surface area contributed by atoms with Crippen LogP contribution in [0.4, 0.5) is 0 Å². The first-order chi connectivity index (χ1) is 13.2. The number of ether oxygens (including phenoxy) is 2. The summed E-state index contributed by atoms with van der Waals surface area (Å²) in [6.07, 6.45) is 0.940. The Balaban J connectivity index is 0.00000225. The third-order valence-electron chi connectivity index (χ3n) is 4.69. The van der Waals surface area contributed by atoms with Gasteiger partial charge in [-0.2, -0.15) is 0 Å². The first-order valence-electron chi connectivity index (χ1n) is 8.89. The summed E-state index contributed by atoms with van der Waals surface area (Å²) in [5.74, 6) is 2.19. The van der Waals surface area contributed by atoms with E-state index >= 15 is 0 Å². The molecule has 0 radical (unpaired) electrons. The molecule has 2 aliphatic heterocycles. The van der Waals surface area contributed by atoms with Crippen LogP contribution in [-0.2, 0) is 24.3 Å². The molecule has 2 N–H and O–H groups in total. The van der Waals surface area contributed by atoms with Crippen LogP contribution in [0.2, 0.25) is 0 Å². The zero-order valence-corrected chi connectivity index (χ0v) is 18.7. The molecule has 9 heteroatoms. The number of aliphatic imine (C=N–C) groups is 1. The van der Waals surface area contributed by atoms with Crippen LogP contribution in [0.5, 0.6) is 11.5 Å². The molecule has 0 atom stereocenters. The smallest absolute Gasteiger partial charge is 0.242 e. The van der Waals surface area contributed by atoms with Crippen molar-refractivity contribution in [2.45, 2.75) is 19.5 Å². The molecule has 0 aliphatic carbocycles. The minimum absolute atomic E-state index is 0. The lowest BCUT2D eigenvalue weighted by atomic mass is 10.1. The SMILES string of the molecule is CN=C(NCC(=O)N1CCc2sccc2C1)NCc1ccc2c(c1)OCO2.I. The molecule has 0 spiro atoms. The normalized spacial score (nSPS) is 14.9. The fourth-order valence-electron chi connectivity index (χ4n) is 3.19. The quantitative estimate of drug-likeness (QED) is 0.373. The van der Waals surface area contributed by atoms with Gasteiger partial charge in [0.15, 0.2) is 17.5 Å². The Morgan fingerprint density at radius 3 is 2.96 bits per heavy atom. The summed E-state index contributed by atoms with van der Waals surface area (Å²) in [4.78, 5) is 20.0. The lowest BCUT2D eigenvalue weighted by molar-refractivity contribution is -0.130. The summed E-state index contributed by atoms with van der Waals surface area (Å²) in [7, 11) is 1.69. The van der Waals surface area contributed by atoms with Gasteiger partial charge in [-0.3, -0.25) is 9.79 Å². The van der Waals surface area contributed by atoms with E-state index in [9.17, 15) is 4.79 Å². The van der Waals surface area contributed by atoms with Gasteiger partial charge < -0.3 is 25.0 Å². The predicted octanol–water partition coefficient (Wildman–Crippen LogP) is 2.34. The summed E-state index contributed by atoms with van der Waals surface area (Å²) in [6.45, 7) is 2.54. The Bertz CT molecular complexity index is 871. The van der Waals surface area contributed by atoms with Crippen LogP contribution >= 0.6 is 35.3 Å². The lowest BCUT2D eigenvalue weighted by Gasteiger charge is -2.27. The largest absolute Gasteiger partial charge is 0.454 e. The molecule has 28 heavy (non-hydrogen) atoms. The molecule has 0 bridgehead atoms. The van der Waals surface area contributed by atoms with Gasteiger partial charge in [0.2, 0.25) is 12.7 Å². The van der Waals surface area contributed by atoms with Gasteiger partial charge in [0.25, 0.3) is 0 Å². The zero-order chi connectivity index (χ0) is 18.6. The Morgan fingerprint density at radius 2 is 2.11 bits per heavy atom. The first-order valence-corrected chi connectivity index (χ1v) is 9.77. The molecule has 1 aromatic carbocycles. The number of thiophene rings is 1. The van der Waals surface area contributed by atoms with Crippen LogP contribution in [0.15, 0.2) is 34.6 Å². The predicted molar refractivity (Wildman–Crippen MR) is 120 cm³/mol. The molecule has 0 fully saturated rings. The molecule has 0 unspecified atom stereocenters. The molecular formula is C19H23IN4O3S. The average molecular weight is 514 g/mol. The van der Waals surface area contributed by atoms with E-state index in [0.717, 1.165) is 30.0 Å². The van der Waals surface area contributed by atoms with Crippen molar-refractivity contribution in [3.8, 4) is 11.5 Å². The van der Waals surface area contributed by atoms with Gasteiger partial charge >= 0.3 is 0 Å². The number of nitrogens with one attached hydrogen (secondary N) is 2. The highest BCUT2D eigenvalue weighted by Crippen LogP contribution is 2.32. The number of carbonyl (C=O) groups is 1. The Hall–Kier alpha value is -2.01.